The van der Waals surface area contributed by atoms with E-state index in [2.05, 4.69) is 25.9 Å². The zero-order chi connectivity index (χ0) is 9.97. The van der Waals surface area contributed by atoms with Gasteiger partial charge in [-0.1, -0.05) is 0 Å². The van der Waals surface area contributed by atoms with Gasteiger partial charge in [-0.25, -0.2) is 0 Å². The Hall–Kier alpha value is -1.42. The minimum absolute atomic E-state index is 0.643. The number of anilines is 1. The first kappa shape index (κ1) is 9.15. The van der Waals surface area contributed by atoms with Crippen LogP contribution in [0.3, 0.4) is 0 Å². The van der Waals surface area contributed by atoms with Gasteiger partial charge in [-0.05, 0) is 34.1 Å². The predicted molar refractivity (Wildman–Crippen MR) is 59.6 cm³/mol. The van der Waals surface area contributed by atoms with Gasteiger partial charge in [-0.2, -0.15) is 0 Å². The number of aromatic nitrogens is 2. The Balaban J connectivity index is 2.53. The molecule has 0 bridgehead atoms. The number of hydrogen-bond donors (Lipinski definition) is 1. The van der Waals surface area contributed by atoms with Crippen molar-refractivity contribution < 1.29 is 0 Å². The second-order valence-electron chi connectivity index (χ2n) is 2.84. The molecule has 0 saturated heterocycles. The van der Waals surface area contributed by atoms with Crippen LogP contribution < -0.4 is 5.73 Å². The van der Waals surface area contributed by atoms with Crippen LogP contribution >= 0.6 is 15.9 Å². The standard InChI is InChI=1S/C10H8BrN3/c11-9-4-8(12)6-14-10(9)7-2-1-3-13-5-7/h1-6H,12H2. The molecule has 0 atom stereocenters. The number of nitrogens with zero attached hydrogens (tertiary/aromatic N) is 2. The molecule has 2 aromatic rings. The van der Waals surface area contributed by atoms with E-state index in [0.717, 1.165) is 15.7 Å². The largest absolute Gasteiger partial charge is 0.397 e. The summed E-state index contributed by atoms with van der Waals surface area (Å²) in [5.41, 5.74) is 8.07. The van der Waals surface area contributed by atoms with Crippen LogP contribution in [0.1, 0.15) is 0 Å². The van der Waals surface area contributed by atoms with Crippen LogP contribution in [0.4, 0.5) is 5.69 Å². The SMILES string of the molecule is Nc1cnc(-c2cccnc2)c(Br)c1. The van der Waals surface area contributed by atoms with Gasteiger partial charge in [0.2, 0.25) is 0 Å². The fraction of sp³-hybridized carbons (Fsp3) is 0. The molecular formula is C10H8BrN3. The Morgan fingerprint density at radius 1 is 1.29 bits per heavy atom. The summed E-state index contributed by atoms with van der Waals surface area (Å²) in [6, 6.07) is 5.66. The average molecular weight is 250 g/mol. The Morgan fingerprint density at radius 3 is 2.79 bits per heavy atom. The molecule has 70 valence electrons. The molecular weight excluding hydrogens is 242 g/mol. The van der Waals surface area contributed by atoms with Crippen molar-refractivity contribution in [3.05, 3.63) is 41.3 Å². The van der Waals surface area contributed by atoms with E-state index in [1.165, 1.54) is 0 Å². The van der Waals surface area contributed by atoms with Crippen LogP contribution in [-0.2, 0) is 0 Å². The lowest BCUT2D eigenvalue weighted by Crippen LogP contribution is -1.90. The lowest BCUT2D eigenvalue weighted by molar-refractivity contribution is 1.27. The Morgan fingerprint density at radius 2 is 2.14 bits per heavy atom. The summed E-state index contributed by atoms with van der Waals surface area (Å²) in [6.07, 6.45) is 5.13. The zero-order valence-electron chi connectivity index (χ0n) is 7.31. The molecule has 0 aliphatic rings. The van der Waals surface area contributed by atoms with Crippen LogP contribution in [-0.4, -0.2) is 9.97 Å². The molecule has 0 unspecified atom stereocenters. The zero-order valence-corrected chi connectivity index (χ0v) is 8.90. The van der Waals surface area contributed by atoms with Crippen molar-refractivity contribution in [2.45, 2.75) is 0 Å². The van der Waals surface area contributed by atoms with Gasteiger partial charge in [-0.15, -0.1) is 0 Å². The molecule has 0 aliphatic heterocycles. The van der Waals surface area contributed by atoms with Crippen molar-refractivity contribution >= 4 is 21.6 Å². The normalized spacial score (nSPS) is 10.1. The maximum absolute atomic E-state index is 5.60. The van der Waals surface area contributed by atoms with E-state index in [0.29, 0.717) is 5.69 Å². The predicted octanol–water partition coefficient (Wildman–Crippen LogP) is 2.49. The number of nitrogen functional groups attached to an aromatic ring is 1. The van der Waals surface area contributed by atoms with E-state index in [1.807, 2.05) is 18.2 Å². The highest BCUT2D eigenvalue weighted by atomic mass is 79.9. The van der Waals surface area contributed by atoms with E-state index >= 15 is 0 Å². The smallest absolute Gasteiger partial charge is 0.0861 e. The van der Waals surface area contributed by atoms with Gasteiger partial charge in [0, 0.05) is 22.4 Å². The van der Waals surface area contributed by atoms with E-state index < -0.39 is 0 Å². The number of rotatable bonds is 1. The third kappa shape index (κ3) is 1.75. The second kappa shape index (κ2) is 3.75. The average Bonchev–Trinajstić information content (AvgIpc) is 2.19. The van der Waals surface area contributed by atoms with E-state index in [9.17, 15) is 0 Å². The minimum atomic E-state index is 0.643. The third-order valence-electron chi connectivity index (χ3n) is 1.80. The van der Waals surface area contributed by atoms with Crippen molar-refractivity contribution in [3.63, 3.8) is 0 Å². The van der Waals surface area contributed by atoms with Gasteiger partial charge in [0.25, 0.3) is 0 Å². The van der Waals surface area contributed by atoms with Gasteiger partial charge in [0.1, 0.15) is 0 Å². The first-order valence-corrected chi connectivity index (χ1v) is 4.88. The topological polar surface area (TPSA) is 51.8 Å². The first-order chi connectivity index (χ1) is 6.77. The van der Waals surface area contributed by atoms with Gasteiger partial charge < -0.3 is 5.73 Å². The monoisotopic (exact) mass is 249 g/mol. The van der Waals surface area contributed by atoms with Crippen LogP contribution in [0.2, 0.25) is 0 Å². The Kier molecular flexibility index (Phi) is 2.45. The van der Waals surface area contributed by atoms with Crippen molar-refractivity contribution in [2.75, 3.05) is 5.73 Å². The third-order valence-corrected chi connectivity index (χ3v) is 2.40. The summed E-state index contributed by atoms with van der Waals surface area (Å²) < 4.78 is 0.880. The maximum Gasteiger partial charge on any atom is 0.0861 e. The first-order valence-electron chi connectivity index (χ1n) is 4.09. The lowest BCUT2D eigenvalue weighted by Gasteiger charge is -2.03. The summed E-state index contributed by atoms with van der Waals surface area (Å²) >= 11 is 3.41. The molecule has 14 heavy (non-hydrogen) atoms. The highest BCUT2D eigenvalue weighted by Crippen LogP contribution is 2.26. The van der Waals surface area contributed by atoms with Gasteiger partial charge >= 0.3 is 0 Å². The fourth-order valence-corrected chi connectivity index (χ4v) is 1.76. The maximum atomic E-state index is 5.60. The summed E-state index contributed by atoms with van der Waals surface area (Å²) in [6.45, 7) is 0. The molecule has 3 nitrogen and oxygen atoms in total. The van der Waals surface area contributed by atoms with E-state index in [4.69, 9.17) is 5.73 Å². The lowest BCUT2D eigenvalue weighted by atomic mass is 10.2. The van der Waals surface area contributed by atoms with Crippen molar-refractivity contribution in [2.24, 2.45) is 0 Å². The molecule has 4 heteroatoms. The van der Waals surface area contributed by atoms with Crippen LogP contribution in [0.5, 0.6) is 0 Å². The van der Waals surface area contributed by atoms with Crippen LogP contribution in [0, 0.1) is 0 Å². The Bertz CT molecular complexity index is 442. The number of nitrogens with two attached hydrogens (primary N) is 1. The summed E-state index contributed by atoms with van der Waals surface area (Å²) in [4.78, 5) is 8.27. The molecule has 2 N–H and O–H groups in total. The van der Waals surface area contributed by atoms with Gasteiger partial charge in [-0.3, -0.25) is 9.97 Å². The number of halogens is 1. The molecule has 0 aliphatic carbocycles. The summed E-state index contributed by atoms with van der Waals surface area (Å²) in [7, 11) is 0. The molecule has 2 heterocycles. The minimum Gasteiger partial charge on any atom is -0.397 e. The molecule has 0 fully saturated rings. The molecule has 0 amide bonds. The summed E-state index contributed by atoms with van der Waals surface area (Å²) in [5.74, 6) is 0. The van der Waals surface area contributed by atoms with Gasteiger partial charge in [0.15, 0.2) is 0 Å². The van der Waals surface area contributed by atoms with Crippen molar-refractivity contribution in [1.29, 1.82) is 0 Å². The highest BCUT2D eigenvalue weighted by Gasteiger charge is 2.04. The number of hydrogen-bond acceptors (Lipinski definition) is 3. The van der Waals surface area contributed by atoms with E-state index in [-0.39, 0.29) is 0 Å². The molecule has 2 rings (SSSR count). The molecule has 0 radical (unpaired) electrons. The quantitative estimate of drug-likeness (QED) is 0.845. The fourth-order valence-electron chi connectivity index (χ4n) is 1.17. The van der Waals surface area contributed by atoms with Gasteiger partial charge in [0.05, 0.1) is 17.6 Å². The van der Waals surface area contributed by atoms with Crippen molar-refractivity contribution in [3.8, 4) is 11.3 Å². The molecule has 2 aromatic heterocycles. The van der Waals surface area contributed by atoms with E-state index in [1.54, 1.807) is 18.6 Å². The highest BCUT2D eigenvalue weighted by molar-refractivity contribution is 9.10. The van der Waals surface area contributed by atoms with Crippen LogP contribution in [0.25, 0.3) is 11.3 Å². The molecule has 0 spiro atoms. The number of pyridine rings is 2. The van der Waals surface area contributed by atoms with Crippen LogP contribution in [0.15, 0.2) is 41.3 Å². The second-order valence-corrected chi connectivity index (χ2v) is 3.70. The Labute approximate surface area is 90.1 Å². The molecule has 0 saturated carbocycles. The van der Waals surface area contributed by atoms with Crippen molar-refractivity contribution in [1.82, 2.24) is 9.97 Å². The summed E-state index contributed by atoms with van der Waals surface area (Å²) in [5, 5.41) is 0. The molecule has 0 aromatic carbocycles.